The zero-order chi connectivity index (χ0) is 15.0. The van der Waals surface area contributed by atoms with Crippen LogP contribution in [0.1, 0.15) is 0 Å². The largest absolute Gasteiger partial charge is 0.484 e. The summed E-state index contributed by atoms with van der Waals surface area (Å²) in [6.07, 6.45) is -4.36. The van der Waals surface area contributed by atoms with Gasteiger partial charge in [0.25, 0.3) is 5.91 Å². The second kappa shape index (κ2) is 7.59. The molecule has 8 heteroatoms. The second-order valence-electron chi connectivity index (χ2n) is 3.88. The maximum absolute atomic E-state index is 11.7. The first-order valence-corrected chi connectivity index (χ1v) is 5.76. The quantitative estimate of drug-likeness (QED) is 0.587. The number of ether oxygens (including phenoxy) is 2. The van der Waals surface area contributed by atoms with Crippen molar-refractivity contribution in [1.29, 1.82) is 0 Å². The number of nitrogens with one attached hydrogen (secondary N) is 1. The molecule has 0 aliphatic heterocycles. The average Bonchev–Trinajstić information content (AvgIpc) is 2.36. The molecular formula is C12H15F3N2O3. The zero-order valence-corrected chi connectivity index (χ0v) is 10.6. The molecule has 0 aliphatic rings. The van der Waals surface area contributed by atoms with Crippen molar-refractivity contribution in [2.24, 2.45) is 0 Å². The van der Waals surface area contributed by atoms with Gasteiger partial charge in [-0.15, -0.1) is 0 Å². The van der Waals surface area contributed by atoms with Crippen molar-refractivity contribution in [2.75, 3.05) is 32.1 Å². The number of benzene rings is 1. The minimum Gasteiger partial charge on any atom is -0.484 e. The first kappa shape index (κ1) is 16.1. The predicted octanol–water partition coefficient (Wildman–Crippen LogP) is 1.34. The van der Waals surface area contributed by atoms with Crippen molar-refractivity contribution < 1.29 is 27.4 Å². The smallest absolute Gasteiger partial charge is 0.411 e. The summed E-state index contributed by atoms with van der Waals surface area (Å²) in [6.45, 7) is -1.79. The number of hydrogen-bond donors (Lipinski definition) is 2. The highest BCUT2D eigenvalue weighted by Crippen LogP contribution is 2.14. The van der Waals surface area contributed by atoms with Gasteiger partial charge < -0.3 is 20.5 Å². The lowest BCUT2D eigenvalue weighted by Crippen LogP contribution is -2.32. The number of nitrogens with two attached hydrogens (primary N) is 1. The molecule has 1 aromatic carbocycles. The molecule has 0 saturated carbocycles. The van der Waals surface area contributed by atoms with E-state index in [2.05, 4.69) is 10.1 Å². The standard InChI is InChI=1S/C12H15F3N2O3/c13-12(14,15)8-19-6-5-17-11(18)7-20-10-3-1-9(16)2-4-10/h1-4H,5-8,16H2,(H,17,18). The van der Waals surface area contributed by atoms with Gasteiger partial charge in [-0.25, -0.2) is 0 Å². The Morgan fingerprint density at radius 3 is 2.50 bits per heavy atom. The first-order valence-electron chi connectivity index (χ1n) is 5.76. The number of alkyl halides is 3. The van der Waals surface area contributed by atoms with Crippen molar-refractivity contribution in [1.82, 2.24) is 5.32 Å². The number of amides is 1. The molecule has 5 nitrogen and oxygen atoms in total. The third kappa shape index (κ3) is 7.47. The van der Waals surface area contributed by atoms with Crippen molar-refractivity contribution in [2.45, 2.75) is 6.18 Å². The van der Waals surface area contributed by atoms with Gasteiger partial charge in [0.15, 0.2) is 6.61 Å². The Labute approximate surface area is 113 Å². The van der Waals surface area contributed by atoms with Crippen LogP contribution in [0.4, 0.5) is 18.9 Å². The van der Waals surface area contributed by atoms with Crippen molar-refractivity contribution in [3.05, 3.63) is 24.3 Å². The van der Waals surface area contributed by atoms with Crippen LogP contribution >= 0.6 is 0 Å². The first-order chi connectivity index (χ1) is 9.37. The summed E-state index contributed by atoms with van der Waals surface area (Å²) < 4.78 is 44.7. The zero-order valence-electron chi connectivity index (χ0n) is 10.6. The summed E-state index contributed by atoms with van der Waals surface area (Å²) in [4.78, 5) is 11.3. The average molecular weight is 292 g/mol. The van der Waals surface area contributed by atoms with Crippen molar-refractivity contribution in [3.63, 3.8) is 0 Å². The Morgan fingerprint density at radius 2 is 1.90 bits per heavy atom. The second-order valence-corrected chi connectivity index (χ2v) is 3.88. The molecule has 1 rings (SSSR count). The van der Waals surface area contributed by atoms with E-state index in [9.17, 15) is 18.0 Å². The fraction of sp³-hybridized carbons (Fsp3) is 0.417. The fourth-order valence-electron chi connectivity index (χ4n) is 1.21. The molecule has 1 aromatic rings. The molecule has 1 amide bonds. The molecule has 0 unspecified atom stereocenters. The van der Waals surface area contributed by atoms with Crippen LogP contribution in [0.3, 0.4) is 0 Å². The van der Waals surface area contributed by atoms with E-state index in [1.165, 1.54) is 0 Å². The summed E-state index contributed by atoms with van der Waals surface area (Å²) in [6, 6.07) is 6.46. The molecule has 20 heavy (non-hydrogen) atoms. The van der Waals surface area contributed by atoms with Crippen LogP contribution in [0.15, 0.2) is 24.3 Å². The van der Waals surface area contributed by atoms with E-state index in [0.717, 1.165) is 0 Å². The Bertz CT molecular complexity index is 421. The van der Waals surface area contributed by atoms with Gasteiger partial charge in [-0.2, -0.15) is 13.2 Å². The van der Waals surface area contributed by atoms with Gasteiger partial charge in [0, 0.05) is 12.2 Å². The molecule has 0 aromatic heterocycles. The van der Waals surface area contributed by atoms with E-state index in [-0.39, 0.29) is 19.8 Å². The van der Waals surface area contributed by atoms with Crippen LogP contribution < -0.4 is 15.8 Å². The summed E-state index contributed by atoms with van der Waals surface area (Å²) in [5.74, 6) is 0.0279. The third-order valence-corrected chi connectivity index (χ3v) is 2.08. The number of nitrogen functional groups attached to an aromatic ring is 1. The highest BCUT2D eigenvalue weighted by Gasteiger charge is 2.27. The lowest BCUT2D eigenvalue weighted by molar-refractivity contribution is -0.173. The molecule has 0 spiro atoms. The number of carbonyl (C=O) groups excluding carboxylic acids is 1. The van der Waals surface area contributed by atoms with Crippen LogP contribution in [-0.2, 0) is 9.53 Å². The topological polar surface area (TPSA) is 73.6 Å². The molecule has 0 aliphatic carbocycles. The highest BCUT2D eigenvalue weighted by molar-refractivity contribution is 5.77. The molecule has 0 bridgehead atoms. The Morgan fingerprint density at radius 1 is 1.25 bits per heavy atom. The van der Waals surface area contributed by atoms with E-state index in [1.54, 1.807) is 24.3 Å². The van der Waals surface area contributed by atoms with Gasteiger partial charge in [-0.1, -0.05) is 0 Å². The highest BCUT2D eigenvalue weighted by atomic mass is 19.4. The van der Waals surface area contributed by atoms with Crippen LogP contribution in [0.2, 0.25) is 0 Å². The summed E-state index contributed by atoms with van der Waals surface area (Å²) >= 11 is 0. The normalized spacial score (nSPS) is 11.2. The van der Waals surface area contributed by atoms with Crippen molar-refractivity contribution >= 4 is 11.6 Å². The fourth-order valence-corrected chi connectivity index (χ4v) is 1.21. The van der Waals surface area contributed by atoms with Crippen LogP contribution in [0.25, 0.3) is 0 Å². The van der Waals surface area contributed by atoms with Crippen LogP contribution in [0, 0.1) is 0 Å². The van der Waals surface area contributed by atoms with Gasteiger partial charge in [0.1, 0.15) is 12.4 Å². The van der Waals surface area contributed by atoms with Gasteiger partial charge in [0.05, 0.1) is 6.61 Å². The third-order valence-electron chi connectivity index (χ3n) is 2.08. The SMILES string of the molecule is Nc1ccc(OCC(=O)NCCOCC(F)(F)F)cc1. The summed E-state index contributed by atoms with van der Waals surface area (Å²) in [5.41, 5.74) is 6.05. The molecule has 112 valence electrons. The molecule has 3 N–H and O–H groups in total. The van der Waals surface area contributed by atoms with Crippen LogP contribution in [-0.4, -0.2) is 38.4 Å². The molecule has 0 heterocycles. The number of halogens is 3. The Kier molecular flexibility index (Phi) is 6.10. The number of anilines is 1. The van der Waals surface area contributed by atoms with Crippen LogP contribution in [0.5, 0.6) is 5.75 Å². The minimum absolute atomic E-state index is 0.0139. The van der Waals surface area contributed by atoms with E-state index < -0.39 is 18.7 Å². The van der Waals surface area contributed by atoms with Gasteiger partial charge >= 0.3 is 6.18 Å². The molecular weight excluding hydrogens is 277 g/mol. The number of hydrogen-bond acceptors (Lipinski definition) is 4. The summed E-state index contributed by atoms with van der Waals surface area (Å²) in [7, 11) is 0. The summed E-state index contributed by atoms with van der Waals surface area (Å²) in [5, 5.41) is 2.37. The van der Waals surface area contributed by atoms with E-state index in [1.807, 2.05) is 0 Å². The minimum atomic E-state index is -4.36. The van der Waals surface area contributed by atoms with Gasteiger partial charge in [-0.05, 0) is 24.3 Å². The van der Waals surface area contributed by atoms with Gasteiger partial charge in [-0.3, -0.25) is 4.79 Å². The maximum atomic E-state index is 11.7. The Hall–Kier alpha value is -1.96. The molecule has 0 fully saturated rings. The Balaban J connectivity index is 2.10. The van der Waals surface area contributed by atoms with E-state index >= 15 is 0 Å². The lowest BCUT2D eigenvalue weighted by atomic mass is 10.3. The van der Waals surface area contributed by atoms with Gasteiger partial charge in [0.2, 0.25) is 0 Å². The van der Waals surface area contributed by atoms with E-state index in [0.29, 0.717) is 11.4 Å². The monoisotopic (exact) mass is 292 g/mol. The molecule has 0 saturated heterocycles. The number of carbonyl (C=O) groups is 1. The molecule has 0 atom stereocenters. The number of rotatable bonds is 7. The van der Waals surface area contributed by atoms with Crippen molar-refractivity contribution in [3.8, 4) is 5.75 Å². The lowest BCUT2D eigenvalue weighted by Gasteiger charge is -2.09. The van der Waals surface area contributed by atoms with E-state index in [4.69, 9.17) is 10.5 Å². The predicted molar refractivity (Wildman–Crippen MR) is 66.2 cm³/mol. The molecule has 0 radical (unpaired) electrons. The maximum Gasteiger partial charge on any atom is 0.411 e.